The van der Waals surface area contributed by atoms with Gasteiger partial charge in [-0.3, -0.25) is 9.59 Å². The second kappa shape index (κ2) is 12.8. The van der Waals surface area contributed by atoms with Gasteiger partial charge in [0.1, 0.15) is 23.1 Å². The predicted octanol–water partition coefficient (Wildman–Crippen LogP) is 3.65. The fourth-order valence-electron chi connectivity index (χ4n) is 4.98. The molecule has 9 nitrogen and oxygen atoms in total. The van der Waals surface area contributed by atoms with E-state index in [9.17, 15) is 14.7 Å². The van der Waals surface area contributed by atoms with Gasteiger partial charge in [-0.25, -0.2) is 4.98 Å². The summed E-state index contributed by atoms with van der Waals surface area (Å²) in [5, 5.41) is 13.5. The number of likely N-dealkylation sites (tertiary alicyclic amines) is 1. The zero-order chi connectivity index (χ0) is 27.8. The number of imidazole rings is 1. The van der Waals surface area contributed by atoms with E-state index in [2.05, 4.69) is 41.3 Å². The van der Waals surface area contributed by atoms with Crippen LogP contribution in [-0.4, -0.2) is 64.6 Å². The van der Waals surface area contributed by atoms with Crippen molar-refractivity contribution in [1.29, 1.82) is 0 Å². The lowest BCUT2D eigenvalue weighted by atomic mass is 9.82. The molecule has 39 heavy (non-hydrogen) atoms. The number of phenolic OH excluding ortho intramolecular Hbond substituents is 1. The molecule has 2 amide bonds. The Kier molecular flexibility index (Phi) is 9.24. The zero-order valence-electron chi connectivity index (χ0n) is 22.9. The Morgan fingerprint density at radius 2 is 2.03 bits per heavy atom. The van der Waals surface area contributed by atoms with Crippen molar-refractivity contribution in [3.63, 3.8) is 0 Å². The molecule has 1 aliphatic heterocycles. The molecule has 0 spiro atoms. The number of aromatic nitrogens is 2. The molecule has 3 aromatic rings. The lowest BCUT2D eigenvalue weighted by Crippen LogP contribution is -2.66. The van der Waals surface area contributed by atoms with Crippen molar-refractivity contribution in [3.8, 4) is 11.5 Å². The molecule has 2 aromatic carbocycles. The largest absolute Gasteiger partial charge is 0.508 e. The van der Waals surface area contributed by atoms with Gasteiger partial charge in [-0.05, 0) is 42.5 Å². The van der Waals surface area contributed by atoms with Gasteiger partial charge in [0.2, 0.25) is 11.8 Å². The minimum atomic E-state index is -0.843. The first-order valence-electron chi connectivity index (χ1n) is 13.5. The van der Waals surface area contributed by atoms with Gasteiger partial charge < -0.3 is 29.8 Å². The number of unbranched alkanes of at least 4 members (excludes halogenated alkanes) is 1. The molecule has 1 unspecified atom stereocenters. The Bertz CT molecular complexity index is 1250. The van der Waals surface area contributed by atoms with Crippen LogP contribution in [0.3, 0.4) is 0 Å². The number of nitrogens with one attached hydrogen (secondary N) is 2. The number of aryl methyl sites for hydroxylation is 2. The number of phenols is 1. The second-order valence-corrected chi connectivity index (χ2v) is 10.1. The van der Waals surface area contributed by atoms with E-state index in [4.69, 9.17) is 9.47 Å². The van der Waals surface area contributed by atoms with Gasteiger partial charge >= 0.3 is 0 Å². The van der Waals surface area contributed by atoms with Crippen molar-refractivity contribution in [3.05, 3.63) is 77.4 Å². The van der Waals surface area contributed by atoms with E-state index in [1.807, 2.05) is 12.1 Å². The van der Waals surface area contributed by atoms with E-state index in [-0.39, 0.29) is 30.4 Å². The molecule has 1 atom stereocenters. The third-order valence-corrected chi connectivity index (χ3v) is 7.24. The molecule has 1 aromatic heterocycles. The number of aromatic amines is 1. The normalized spacial score (nSPS) is 14.9. The Balaban J connectivity index is 1.51. The van der Waals surface area contributed by atoms with Crippen molar-refractivity contribution in [2.75, 3.05) is 26.8 Å². The molecule has 208 valence electrons. The van der Waals surface area contributed by atoms with Crippen LogP contribution >= 0.6 is 0 Å². The van der Waals surface area contributed by atoms with Gasteiger partial charge in [-0.1, -0.05) is 43.7 Å². The fraction of sp³-hybridized carbons (Fsp3) is 0.433. The second-order valence-electron chi connectivity index (χ2n) is 10.1. The van der Waals surface area contributed by atoms with Crippen molar-refractivity contribution >= 4 is 11.8 Å². The van der Waals surface area contributed by atoms with Crippen molar-refractivity contribution in [2.45, 2.75) is 57.6 Å². The van der Waals surface area contributed by atoms with Crippen LogP contribution in [0, 0.1) is 6.92 Å². The standard InChI is InChI=1S/C30H38N4O5/c1-4-5-14-39-30(25-9-7-6-8-21(25)2)18-34(19-30)29(37)26(15-22-10-12-24(38-3)16-27(22)35)33-28(36)13-11-23-17-31-20-32-23/h6-10,12,16-17,20,26,35H,4-5,11,13-15,18-19H2,1-3H3,(H,31,32)(H,33,36). The average molecular weight is 535 g/mol. The lowest BCUT2D eigenvalue weighted by molar-refractivity contribution is -0.175. The zero-order valence-corrected chi connectivity index (χ0v) is 22.9. The number of rotatable bonds is 13. The SMILES string of the molecule is CCCCOC1(c2ccccc2C)CN(C(=O)C(Cc2ccc(OC)cc2O)NC(=O)CCc2cnc[nH]2)C1. The number of amides is 2. The first kappa shape index (κ1) is 28.2. The van der Waals surface area contributed by atoms with E-state index in [0.29, 0.717) is 37.4 Å². The Morgan fingerprint density at radius 3 is 2.69 bits per heavy atom. The van der Waals surface area contributed by atoms with Gasteiger partial charge in [-0.2, -0.15) is 0 Å². The van der Waals surface area contributed by atoms with Crippen LogP contribution in [0.5, 0.6) is 11.5 Å². The minimum Gasteiger partial charge on any atom is -0.508 e. The summed E-state index contributed by atoms with van der Waals surface area (Å²) in [6, 6.07) is 12.2. The minimum absolute atomic E-state index is 0.0135. The van der Waals surface area contributed by atoms with Gasteiger partial charge in [0.15, 0.2) is 0 Å². The maximum absolute atomic E-state index is 13.8. The van der Waals surface area contributed by atoms with Crippen LogP contribution in [0.4, 0.5) is 0 Å². The summed E-state index contributed by atoms with van der Waals surface area (Å²) < 4.78 is 11.6. The van der Waals surface area contributed by atoms with Crippen LogP contribution in [0.25, 0.3) is 0 Å². The molecule has 3 N–H and O–H groups in total. The third-order valence-electron chi connectivity index (χ3n) is 7.24. The van der Waals surface area contributed by atoms with E-state index in [0.717, 1.165) is 29.7 Å². The molecule has 9 heteroatoms. The quantitative estimate of drug-likeness (QED) is 0.288. The number of nitrogens with zero attached hydrogens (tertiary/aromatic N) is 2. The first-order chi connectivity index (χ1) is 18.8. The molecule has 1 saturated heterocycles. The van der Waals surface area contributed by atoms with Gasteiger partial charge in [-0.15, -0.1) is 0 Å². The highest BCUT2D eigenvalue weighted by atomic mass is 16.5. The molecular weight excluding hydrogens is 496 g/mol. The van der Waals surface area contributed by atoms with Crippen LogP contribution in [0.15, 0.2) is 55.0 Å². The molecular formula is C30H38N4O5. The third kappa shape index (κ3) is 6.78. The highest BCUT2D eigenvalue weighted by Gasteiger charge is 2.49. The summed E-state index contributed by atoms with van der Waals surface area (Å²) in [6.07, 6.45) is 6.03. The summed E-state index contributed by atoms with van der Waals surface area (Å²) in [6.45, 7) is 5.58. The number of benzene rings is 2. The molecule has 4 rings (SSSR count). The summed E-state index contributed by atoms with van der Waals surface area (Å²) in [7, 11) is 1.52. The van der Waals surface area contributed by atoms with Crippen LogP contribution < -0.4 is 10.1 Å². The molecule has 1 aliphatic rings. The number of H-pyrrole nitrogens is 1. The highest BCUT2D eigenvalue weighted by Crippen LogP contribution is 2.38. The van der Waals surface area contributed by atoms with Gasteiger partial charge in [0.05, 0.1) is 26.5 Å². The first-order valence-corrected chi connectivity index (χ1v) is 13.5. The van der Waals surface area contributed by atoms with Crippen molar-refractivity contribution < 1.29 is 24.2 Å². The monoisotopic (exact) mass is 534 g/mol. The molecule has 0 bridgehead atoms. The van der Waals surface area contributed by atoms with Crippen molar-refractivity contribution in [1.82, 2.24) is 20.2 Å². The number of carbonyl (C=O) groups is 2. The maximum atomic E-state index is 13.8. The maximum Gasteiger partial charge on any atom is 0.245 e. The fourth-order valence-corrected chi connectivity index (χ4v) is 4.98. The number of carbonyl (C=O) groups excluding carboxylic acids is 2. The Morgan fingerprint density at radius 1 is 1.23 bits per heavy atom. The Labute approximate surface area is 229 Å². The van der Waals surface area contributed by atoms with Gasteiger partial charge in [0.25, 0.3) is 0 Å². The Hall–Kier alpha value is -3.85. The summed E-state index contributed by atoms with van der Waals surface area (Å²) >= 11 is 0. The average Bonchev–Trinajstić information content (AvgIpc) is 3.43. The summed E-state index contributed by atoms with van der Waals surface area (Å²) in [5.41, 5.74) is 3.02. The van der Waals surface area contributed by atoms with E-state index in [1.165, 1.54) is 13.2 Å². The number of hydrogen-bond acceptors (Lipinski definition) is 6. The smallest absolute Gasteiger partial charge is 0.245 e. The topological polar surface area (TPSA) is 117 Å². The van der Waals surface area contributed by atoms with Crippen LogP contribution in [-0.2, 0) is 32.8 Å². The number of methoxy groups -OCH3 is 1. The van der Waals surface area contributed by atoms with Gasteiger partial charge in [0, 0.05) is 37.4 Å². The lowest BCUT2D eigenvalue weighted by Gasteiger charge is -2.51. The van der Waals surface area contributed by atoms with E-state index >= 15 is 0 Å². The van der Waals surface area contributed by atoms with Crippen molar-refractivity contribution in [2.24, 2.45) is 0 Å². The molecule has 2 heterocycles. The molecule has 0 aliphatic carbocycles. The van der Waals surface area contributed by atoms with Crippen LogP contribution in [0.1, 0.15) is 48.6 Å². The summed E-state index contributed by atoms with van der Waals surface area (Å²) in [5.74, 6) is 0.0709. The summed E-state index contributed by atoms with van der Waals surface area (Å²) in [4.78, 5) is 35.4. The van der Waals surface area contributed by atoms with E-state index in [1.54, 1.807) is 29.6 Å². The van der Waals surface area contributed by atoms with Crippen LogP contribution in [0.2, 0.25) is 0 Å². The van der Waals surface area contributed by atoms with E-state index < -0.39 is 11.6 Å². The number of ether oxygens (including phenoxy) is 2. The number of aromatic hydroxyl groups is 1. The molecule has 0 saturated carbocycles. The molecule has 1 fully saturated rings. The number of hydrogen-bond donors (Lipinski definition) is 3. The molecule has 0 radical (unpaired) electrons. The predicted molar refractivity (Wildman–Crippen MR) is 147 cm³/mol. The highest BCUT2D eigenvalue weighted by molar-refractivity contribution is 5.88.